The van der Waals surface area contributed by atoms with Gasteiger partial charge in [0.05, 0.1) is 18.3 Å². The molecule has 0 atom stereocenters. The Hall–Kier alpha value is -3.51. The number of carboxylic acid groups (broad SMARTS) is 1. The van der Waals surface area contributed by atoms with Crippen LogP contribution >= 0.6 is 0 Å². The van der Waals surface area contributed by atoms with Crippen molar-refractivity contribution in [3.8, 4) is 11.3 Å². The van der Waals surface area contributed by atoms with Gasteiger partial charge in [0.1, 0.15) is 5.97 Å². The van der Waals surface area contributed by atoms with Crippen molar-refractivity contribution in [2.24, 2.45) is 0 Å². The number of hydrogen-bond donors (Lipinski definition) is 3. The van der Waals surface area contributed by atoms with E-state index >= 15 is 0 Å². The van der Waals surface area contributed by atoms with Gasteiger partial charge < -0.3 is 25.1 Å². The maximum absolute atomic E-state index is 13.0. The van der Waals surface area contributed by atoms with Gasteiger partial charge in [-0.3, -0.25) is 9.78 Å². The van der Waals surface area contributed by atoms with E-state index in [1.54, 1.807) is 12.4 Å². The van der Waals surface area contributed by atoms with Crippen LogP contribution in [-0.2, 0) is 9.53 Å². The smallest absolute Gasteiger partial charge is 0.430 e. The number of carbonyl (C=O) groups is 2. The van der Waals surface area contributed by atoms with Crippen LogP contribution in [0.1, 0.15) is 23.5 Å². The topological polar surface area (TPSA) is 131 Å². The van der Waals surface area contributed by atoms with E-state index in [0.717, 1.165) is 16.8 Å². The number of nitrogens with one attached hydrogen (secondary N) is 2. The fraction of sp³-hybridized carbons (Fsp3) is 0.333. The Bertz CT molecular complexity index is 1110. The zero-order chi connectivity index (χ0) is 24.1. The van der Waals surface area contributed by atoms with Crippen LogP contribution in [0.2, 0.25) is 0 Å². The van der Waals surface area contributed by atoms with Crippen molar-refractivity contribution in [3.05, 3.63) is 54.7 Å². The number of aliphatic hydroxyl groups is 1. The van der Waals surface area contributed by atoms with Gasteiger partial charge in [0.2, 0.25) is 0 Å². The first-order valence-electron chi connectivity index (χ1n) is 9.89. The first-order valence-corrected chi connectivity index (χ1v) is 9.89. The van der Waals surface area contributed by atoms with Gasteiger partial charge in [0.15, 0.2) is 11.2 Å². The molecule has 1 amide bonds. The second kappa shape index (κ2) is 9.96. The molecule has 0 aliphatic carbocycles. The minimum atomic E-state index is -5.19. The lowest BCUT2D eigenvalue weighted by Crippen LogP contribution is -2.55. The number of fused-ring (bicyclic) bond motifs is 1. The number of H-pyrrole nitrogens is 1. The Labute approximate surface area is 185 Å². The molecular formula is C21H21F3N4O5. The van der Waals surface area contributed by atoms with Gasteiger partial charge in [-0.1, -0.05) is 6.07 Å². The van der Waals surface area contributed by atoms with Crippen molar-refractivity contribution in [1.82, 2.24) is 15.3 Å². The maximum atomic E-state index is 13.0. The molecule has 3 aromatic heterocycles. The highest BCUT2D eigenvalue weighted by Crippen LogP contribution is 2.23. The third-order valence-corrected chi connectivity index (χ3v) is 5.15. The van der Waals surface area contributed by atoms with Crippen LogP contribution in [0.5, 0.6) is 0 Å². The summed E-state index contributed by atoms with van der Waals surface area (Å²) in [7, 11) is 0. The highest BCUT2D eigenvalue weighted by molar-refractivity contribution is 5.92. The monoisotopic (exact) mass is 466 g/mol. The molecule has 0 spiro atoms. The van der Waals surface area contributed by atoms with E-state index in [1.807, 2.05) is 40.9 Å². The van der Waals surface area contributed by atoms with Gasteiger partial charge in [0, 0.05) is 31.2 Å². The molecular weight excluding hydrogens is 445 g/mol. The molecule has 4 rings (SSSR count). The number of amides is 1. The van der Waals surface area contributed by atoms with Gasteiger partial charge in [-0.15, -0.1) is 0 Å². The molecule has 12 heteroatoms. The first kappa shape index (κ1) is 24.1. The van der Waals surface area contributed by atoms with E-state index in [9.17, 15) is 23.1 Å². The standard InChI is InChI=1S/C19H20N4O3.C2HF3O2/c24-13-19(6-11-26-12-7-19)22-18(25)17-21-16(14-4-8-20-9-5-14)15-3-1-2-10-23(15)17;3-2(4,5)1(6)7/h1-5,8-10,24H,6-7,11-13H2,(H,22,25);(H,6,7). The summed E-state index contributed by atoms with van der Waals surface area (Å²) in [5, 5.41) is 21.6. The summed E-state index contributed by atoms with van der Waals surface area (Å²) in [4.78, 5) is 29.1. The number of alkyl halides is 3. The summed E-state index contributed by atoms with van der Waals surface area (Å²) >= 11 is 0. The van der Waals surface area contributed by atoms with Crippen LogP contribution in [0.25, 0.3) is 16.8 Å². The fourth-order valence-electron chi connectivity index (χ4n) is 3.37. The first-order chi connectivity index (χ1) is 15.7. The second-order valence-electron chi connectivity index (χ2n) is 7.33. The van der Waals surface area contributed by atoms with Gasteiger partial charge in [-0.05, 0) is 37.1 Å². The number of halogens is 3. The quantitative estimate of drug-likeness (QED) is 0.477. The van der Waals surface area contributed by atoms with Gasteiger partial charge in [-0.2, -0.15) is 17.6 Å². The van der Waals surface area contributed by atoms with Crippen molar-refractivity contribution in [3.63, 3.8) is 0 Å². The number of hydrogen-bond acceptors (Lipinski definition) is 6. The highest BCUT2D eigenvalue weighted by Gasteiger charge is 2.37. The van der Waals surface area contributed by atoms with Crippen molar-refractivity contribution in [2.45, 2.75) is 24.6 Å². The number of nitrogens with zero attached hydrogens (tertiary/aromatic N) is 2. The lowest BCUT2D eigenvalue weighted by atomic mass is 9.91. The van der Waals surface area contributed by atoms with Crippen LogP contribution in [0, 0.1) is 0 Å². The molecule has 0 unspecified atom stereocenters. The number of imidazole rings is 1. The minimum absolute atomic E-state index is 0.109. The number of rotatable bonds is 4. The predicted molar refractivity (Wildman–Crippen MR) is 106 cm³/mol. The average Bonchev–Trinajstić information content (AvgIpc) is 3.20. The number of aromatic amines is 1. The van der Waals surface area contributed by atoms with Crippen molar-refractivity contribution < 1.29 is 42.1 Å². The zero-order valence-electron chi connectivity index (χ0n) is 17.3. The van der Waals surface area contributed by atoms with E-state index in [-0.39, 0.29) is 12.5 Å². The number of aliphatic hydroxyl groups excluding tert-OH is 1. The largest absolute Gasteiger partial charge is 0.542 e. The van der Waals surface area contributed by atoms with Gasteiger partial charge >= 0.3 is 17.9 Å². The molecule has 1 aliphatic rings. The SMILES string of the molecule is O=C(NC1(CO)CCOCC1)c1[nH]c(-c2ccncc2)c2cccc[n+]12.O=C([O-])C(F)(F)F. The lowest BCUT2D eigenvalue weighted by molar-refractivity contribution is -0.514. The average molecular weight is 466 g/mol. The van der Waals surface area contributed by atoms with E-state index in [1.165, 1.54) is 0 Å². The summed E-state index contributed by atoms with van der Waals surface area (Å²) < 4.78 is 38.7. The number of carbonyl (C=O) groups excluding carboxylic acids is 2. The number of ether oxygens (including phenoxy) is 1. The molecule has 1 aliphatic heterocycles. The highest BCUT2D eigenvalue weighted by atomic mass is 19.4. The number of pyridine rings is 2. The normalized spacial score (nSPS) is 15.4. The molecule has 4 heterocycles. The maximum Gasteiger partial charge on any atom is 0.430 e. The Kier molecular flexibility index (Phi) is 7.29. The third-order valence-electron chi connectivity index (χ3n) is 5.15. The van der Waals surface area contributed by atoms with Crippen LogP contribution in [0.15, 0.2) is 48.9 Å². The summed E-state index contributed by atoms with van der Waals surface area (Å²) in [6.07, 6.45) is 1.28. The Morgan fingerprint density at radius 1 is 1.21 bits per heavy atom. The molecule has 0 aromatic carbocycles. The Morgan fingerprint density at radius 3 is 2.42 bits per heavy atom. The molecule has 33 heavy (non-hydrogen) atoms. The summed E-state index contributed by atoms with van der Waals surface area (Å²) in [5.41, 5.74) is 2.06. The third kappa shape index (κ3) is 5.65. The van der Waals surface area contributed by atoms with E-state index < -0.39 is 17.7 Å². The predicted octanol–water partition coefficient (Wildman–Crippen LogP) is 0.385. The molecule has 3 aromatic rings. The molecule has 9 nitrogen and oxygen atoms in total. The van der Waals surface area contributed by atoms with E-state index in [0.29, 0.717) is 31.9 Å². The lowest BCUT2D eigenvalue weighted by Gasteiger charge is -2.35. The molecule has 0 radical (unpaired) electrons. The summed E-state index contributed by atoms with van der Waals surface area (Å²) in [6, 6.07) is 9.56. The second-order valence-corrected chi connectivity index (χ2v) is 7.33. The van der Waals surface area contributed by atoms with Crippen molar-refractivity contribution >= 4 is 17.4 Å². The Balaban J connectivity index is 0.000000383. The van der Waals surface area contributed by atoms with Crippen LogP contribution in [0.4, 0.5) is 13.2 Å². The molecule has 3 N–H and O–H groups in total. The summed E-state index contributed by atoms with van der Waals surface area (Å²) in [6.45, 7) is 0.950. The van der Waals surface area contributed by atoms with Crippen molar-refractivity contribution in [2.75, 3.05) is 19.8 Å². The van der Waals surface area contributed by atoms with Crippen LogP contribution in [0.3, 0.4) is 0 Å². The van der Waals surface area contributed by atoms with Crippen molar-refractivity contribution in [1.29, 1.82) is 0 Å². The van der Waals surface area contributed by atoms with E-state index in [2.05, 4.69) is 15.3 Å². The van der Waals surface area contributed by atoms with E-state index in [4.69, 9.17) is 14.6 Å². The molecule has 176 valence electrons. The summed E-state index contributed by atoms with van der Waals surface area (Å²) in [5.74, 6) is -2.83. The number of aromatic nitrogens is 3. The zero-order valence-corrected chi connectivity index (χ0v) is 17.3. The number of aliphatic carboxylic acids is 1. The molecule has 1 saturated heterocycles. The fourth-order valence-corrected chi connectivity index (χ4v) is 3.37. The number of carboxylic acids is 1. The Morgan fingerprint density at radius 2 is 1.85 bits per heavy atom. The van der Waals surface area contributed by atoms with Crippen LogP contribution in [-0.4, -0.2) is 58.5 Å². The van der Waals surface area contributed by atoms with Gasteiger partial charge in [-0.25, -0.2) is 4.98 Å². The minimum Gasteiger partial charge on any atom is -0.542 e. The van der Waals surface area contributed by atoms with Crippen LogP contribution < -0.4 is 14.8 Å². The molecule has 0 saturated carbocycles. The molecule has 1 fully saturated rings. The molecule has 0 bridgehead atoms. The van der Waals surface area contributed by atoms with Gasteiger partial charge in [0.25, 0.3) is 0 Å².